The molecule has 2 aromatic rings. The molecule has 0 spiro atoms. The molecular weight excluding hydrogens is 264 g/mol. The van der Waals surface area contributed by atoms with Crippen LogP contribution in [-0.4, -0.2) is 16.1 Å². The second-order valence-electron chi connectivity index (χ2n) is 3.73. The third-order valence-corrected chi connectivity index (χ3v) is 2.45. The largest absolute Gasteiger partial charge is 0.399 e. The molecule has 6 heteroatoms. The molecule has 1 aromatic heterocycles. The van der Waals surface area contributed by atoms with Gasteiger partial charge in [0.2, 0.25) is 5.91 Å². The first-order chi connectivity index (χ1) is 9.13. The van der Waals surface area contributed by atoms with E-state index in [1.807, 2.05) is 12.1 Å². The first-order valence-corrected chi connectivity index (χ1v) is 5.85. The van der Waals surface area contributed by atoms with Crippen LogP contribution in [0.5, 0.6) is 0 Å². The Morgan fingerprint density at radius 1 is 1.16 bits per heavy atom. The summed E-state index contributed by atoms with van der Waals surface area (Å²) in [6.07, 6.45) is 3.08. The number of nitrogen functional groups attached to an aromatic ring is 1. The standard InChI is InChI=1S/C13H11ClN4O/c14-11-6-7-12(18-17-11)16-13(19)8-3-9-1-4-10(15)5-2-9/h1-8H,15H2,(H,16,18,19)/b8-3+. The van der Waals surface area contributed by atoms with Crippen LogP contribution in [-0.2, 0) is 4.79 Å². The fraction of sp³-hybridized carbons (Fsp3) is 0. The van der Waals surface area contributed by atoms with Gasteiger partial charge in [0, 0.05) is 11.8 Å². The summed E-state index contributed by atoms with van der Waals surface area (Å²) in [4.78, 5) is 11.6. The monoisotopic (exact) mass is 274 g/mol. The van der Waals surface area contributed by atoms with Crippen LogP contribution in [0.2, 0.25) is 5.15 Å². The van der Waals surface area contributed by atoms with Gasteiger partial charge in [-0.25, -0.2) is 0 Å². The zero-order chi connectivity index (χ0) is 13.7. The summed E-state index contributed by atoms with van der Waals surface area (Å²) in [6, 6.07) is 10.3. The molecule has 1 heterocycles. The van der Waals surface area contributed by atoms with Gasteiger partial charge in [0.15, 0.2) is 11.0 Å². The molecule has 0 fully saturated rings. The van der Waals surface area contributed by atoms with Crippen molar-refractivity contribution in [1.29, 1.82) is 0 Å². The van der Waals surface area contributed by atoms with Crippen LogP contribution in [0.3, 0.4) is 0 Å². The van der Waals surface area contributed by atoms with E-state index in [2.05, 4.69) is 15.5 Å². The van der Waals surface area contributed by atoms with Crippen molar-refractivity contribution in [3.05, 3.63) is 53.2 Å². The first-order valence-electron chi connectivity index (χ1n) is 5.47. The molecule has 0 saturated carbocycles. The SMILES string of the molecule is Nc1ccc(/C=C/C(=O)Nc2ccc(Cl)nn2)cc1. The minimum atomic E-state index is -0.298. The van der Waals surface area contributed by atoms with E-state index in [4.69, 9.17) is 17.3 Å². The molecule has 0 aliphatic heterocycles. The Labute approximate surface area is 115 Å². The number of anilines is 2. The molecule has 19 heavy (non-hydrogen) atoms. The number of hydrogen-bond acceptors (Lipinski definition) is 4. The van der Waals surface area contributed by atoms with Crippen molar-refractivity contribution in [3.63, 3.8) is 0 Å². The van der Waals surface area contributed by atoms with Crippen molar-refractivity contribution in [1.82, 2.24) is 10.2 Å². The molecule has 5 nitrogen and oxygen atoms in total. The second-order valence-corrected chi connectivity index (χ2v) is 4.12. The van der Waals surface area contributed by atoms with E-state index < -0.39 is 0 Å². The van der Waals surface area contributed by atoms with Crippen LogP contribution in [0.1, 0.15) is 5.56 Å². The van der Waals surface area contributed by atoms with Crippen LogP contribution >= 0.6 is 11.6 Å². The van der Waals surface area contributed by atoms with Gasteiger partial charge in [-0.05, 0) is 35.9 Å². The number of carbonyl (C=O) groups is 1. The maximum absolute atomic E-state index is 11.6. The Balaban J connectivity index is 1.97. The average Bonchev–Trinajstić information content (AvgIpc) is 2.41. The van der Waals surface area contributed by atoms with Crippen molar-refractivity contribution in [2.75, 3.05) is 11.1 Å². The molecule has 0 aliphatic rings. The Morgan fingerprint density at radius 3 is 2.53 bits per heavy atom. The highest BCUT2D eigenvalue weighted by molar-refractivity contribution is 6.29. The summed E-state index contributed by atoms with van der Waals surface area (Å²) in [5.41, 5.74) is 7.13. The molecule has 1 aromatic carbocycles. The van der Waals surface area contributed by atoms with Crippen molar-refractivity contribution in [2.45, 2.75) is 0 Å². The summed E-state index contributed by atoms with van der Waals surface area (Å²) in [5, 5.41) is 10.2. The van der Waals surface area contributed by atoms with Gasteiger partial charge in [-0.3, -0.25) is 4.79 Å². The summed E-state index contributed by atoms with van der Waals surface area (Å²) in [6.45, 7) is 0. The molecule has 96 valence electrons. The number of rotatable bonds is 3. The lowest BCUT2D eigenvalue weighted by atomic mass is 10.2. The van der Waals surface area contributed by atoms with Crippen molar-refractivity contribution in [2.24, 2.45) is 0 Å². The summed E-state index contributed by atoms with van der Waals surface area (Å²) in [5.74, 6) is 0.0461. The highest BCUT2D eigenvalue weighted by Crippen LogP contribution is 2.08. The van der Waals surface area contributed by atoms with E-state index in [0.29, 0.717) is 11.5 Å². The molecule has 0 radical (unpaired) electrons. The van der Waals surface area contributed by atoms with Crippen LogP contribution in [0.15, 0.2) is 42.5 Å². The molecule has 0 saturated heterocycles. The topological polar surface area (TPSA) is 80.9 Å². The van der Waals surface area contributed by atoms with Gasteiger partial charge in [0.1, 0.15) is 0 Å². The summed E-state index contributed by atoms with van der Waals surface area (Å²) >= 11 is 5.59. The maximum atomic E-state index is 11.6. The zero-order valence-electron chi connectivity index (χ0n) is 9.88. The number of benzene rings is 1. The first kappa shape index (κ1) is 13.0. The fourth-order valence-electron chi connectivity index (χ4n) is 1.33. The molecule has 2 rings (SSSR count). The number of amides is 1. The molecule has 0 atom stereocenters. The minimum absolute atomic E-state index is 0.274. The molecule has 0 aliphatic carbocycles. The number of nitrogens with zero attached hydrogens (tertiary/aromatic N) is 2. The lowest BCUT2D eigenvalue weighted by Crippen LogP contribution is -2.09. The van der Waals surface area contributed by atoms with Gasteiger partial charge < -0.3 is 11.1 Å². The third-order valence-electron chi connectivity index (χ3n) is 2.25. The molecule has 1 amide bonds. The Bertz CT molecular complexity index is 593. The quantitative estimate of drug-likeness (QED) is 0.665. The van der Waals surface area contributed by atoms with Crippen molar-refractivity contribution < 1.29 is 4.79 Å². The van der Waals surface area contributed by atoms with Gasteiger partial charge >= 0.3 is 0 Å². The number of nitrogens with two attached hydrogens (primary N) is 1. The van der Waals surface area contributed by atoms with Crippen LogP contribution in [0.4, 0.5) is 11.5 Å². The van der Waals surface area contributed by atoms with Gasteiger partial charge in [-0.2, -0.15) is 0 Å². The molecule has 3 N–H and O–H groups in total. The number of aromatic nitrogens is 2. The average molecular weight is 275 g/mol. The minimum Gasteiger partial charge on any atom is -0.399 e. The zero-order valence-corrected chi connectivity index (χ0v) is 10.6. The van der Waals surface area contributed by atoms with Gasteiger partial charge in [-0.15, -0.1) is 10.2 Å². The van der Waals surface area contributed by atoms with Crippen LogP contribution in [0, 0.1) is 0 Å². The lowest BCUT2D eigenvalue weighted by Gasteiger charge is -1.99. The Hall–Kier alpha value is -2.40. The van der Waals surface area contributed by atoms with E-state index in [1.54, 1.807) is 30.3 Å². The number of halogens is 1. The van der Waals surface area contributed by atoms with E-state index >= 15 is 0 Å². The molecule has 0 bridgehead atoms. The smallest absolute Gasteiger partial charge is 0.249 e. The second kappa shape index (κ2) is 5.97. The maximum Gasteiger partial charge on any atom is 0.249 e. The third kappa shape index (κ3) is 4.08. The van der Waals surface area contributed by atoms with Crippen molar-refractivity contribution in [3.8, 4) is 0 Å². The number of carbonyl (C=O) groups excluding carboxylic acids is 1. The predicted octanol–water partition coefficient (Wildman–Crippen LogP) is 2.36. The van der Waals surface area contributed by atoms with E-state index in [0.717, 1.165) is 5.56 Å². The van der Waals surface area contributed by atoms with Crippen LogP contribution < -0.4 is 11.1 Å². The van der Waals surface area contributed by atoms with Gasteiger partial charge in [0.25, 0.3) is 0 Å². The summed E-state index contributed by atoms with van der Waals surface area (Å²) < 4.78 is 0. The Morgan fingerprint density at radius 2 is 1.89 bits per heavy atom. The van der Waals surface area contributed by atoms with Gasteiger partial charge in [0.05, 0.1) is 0 Å². The van der Waals surface area contributed by atoms with E-state index in [1.165, 1.54) is 6.08 Å². The molecule has 0 unspecified atom stereocenters. The predicted molar refractivity (Wildman–Crippen MR) is 75.6 cm³/mol. The van der Waals surface area contributed by atoms with Crippen molar-refractivity contribution >= 4 is 35.1 Å². The van der Waals surface area contributed by atoms with Crippen LogP contribution in [0.25, 0.3) is 6.08 Å². The lowest BCUT2D eigenvalue weighted by molar-refractivity contribution is -0.111. The van der Waals surface area contributed by atoms with E-state index in [-0.39, 0.29) is 11.1 Å². The summed E-state index contributed by atoms with van der Waals surface area (Å²) in [7, 11) is 0. The highest BCUT2D eigenvalue weighted by Gasteiger charge is 1.99. The normalized spacial score (nSPS) is 10.6. The van der Waals surface area contributed by atoms with Gasteiger partial charge in [-0.1, -0.05) is 23.7 Å². The van der Waals surface area contributed by atoms with E-state index in [9.17, 15) is 4.79 Å². The number of hydrogen-bond donors (Lipinski definition) is 2. The fourth-order valence-corrected chi connectivity index (χ4v) is 1.43. The Kier molecular flexibility index (Phi) is 4.10. The highest BCUT2D eigenvalue weighted by atomic mass is 35.5. The number of nitrogens with one attached hydrogen (secondary N) is 1. The molecular formula is C13H11ClN4O.